The molecule has 4 rings (SSSR count). The number of phenolic OH excluding ortho intramolecular Hbond substituents is 1. The first-order valence-corrected chi connectivity index (χ1v) is 10.3. The topological polar surface area (TPSA) is 72.9 Å². The summed E-state index contributed by atoms with van der Waals surface area (Å²) >= 11 is 7.38. The highest BCUT2D eigenvalue weighted by molar-refractivity contribution is 8.01. The molecule has 2 aromatic rings. The number of benzene rings is 2. The summed E-state index contributed by atoms with van der Waals surface area (Å²) < 4.78 is 0. The predicted molar refractivity (Wildman–Crippen MR) is 111 cm³/mol. The van der Waals surface area contributed by atoms with Crippen LogP contribution in [0.25, 0.3) is 0 Å². The number of nitrogens with one attached hydrogen (secondary N) is 1. The third-order valence-electron chi connectivity index (χ3n) is 4.98. The maximum atomic E-state index is 12.7. The van der Waals surface area contributed by atoms with E-state index < -0.39 is 5.25 Å². The van der Waals surface area contributed by atoms with E-state index in [9.17, 15) is 14.7 Å². The van der Waals surface area contributed by atoms with Crippen molar-refractivity contribution in [1.29, 1.82) is 0 Å². The second-order valence-corrected chi connectivity index (χ2v) is 8.48. The standard InChI is InChI=1S/C20H20ClN3O3S/c21-13-5-6-17-14(11-13)22-20(27)18(28-17)12-19(26)24-9-7-23(8-10-24)15-3-1-2-4-16(15)25/h1-6,11,18,25H,7-10,12H2,(H,22,27)/t18-/m0/s1. The number of carbonyl (C=O) groups is 2. The number of aromatic hydroxyl groups is 1. The van der Waals surface area contributed by atoms with Gasteiger partial charge in [-0.25, -0.2) is 0 Å². The zero-order valence-electron chi connectivity index (χ0n) is 15.1. The Labute approximate surface area is 172 Å². The highest BCUT2D eigenvalue weighted by Gasteiger charge is 2.31. The minimum absolute atomic E-state index is 0.0259. The smallest absolute Gasteiger partial charge is 0.238 e. The Balaban J connectivity index is 1.35. The van der Waals surface area contributed by atoms with Crippen LogP contribution in [0.4, 0.5) is 11.4 Å². The molecule has 2 N–H and O–H groups in total. The summed E-state index contributed by atoms with van der Waals surface area (Å²) in [6.45, 7) is 2.43. The van der Waals surface area contributed by atoms with Gasteiger partial charge in [-0.05, 0) is 30.3 Å². The van der Waals surface area contributed by atoms with E-state index in [1.165, 1.54) is 11.8 Å². The van der Waals surface area contributed by atoms with Gasteiger partial charge in [-0.3, -0.25) is 9.59 Å². The summed E-state index contributed by atoms with van der Waals surface area (Å²) in [5.41, 5.74) is 1.48. The average Bonchev–Trinajstić information content (AvgIpc) is 2.69. The van der Waals surface area contributed by atoms with Crippen LogP contribution in [-0.4, -0.2) is 53.2 Å². The Morgan fingerprint density at radius 2 is 1.93 bits per heavy atom. The molecule has 146 valence electrons. The van der Waals surface area contributed by atoms with Crippen molar-refractivity contribution >= 4 is 46.6 Å². The number of para-hydroxylation sites is 2. The van der Waals surface area contributed by atoms with E-state index in [0.717, 1.165) is 10.6 Å². The van der Waals surface area contributed by atoms with Gasteiger partial charge in [-0.15, -0.1) is 11.8 Å². The fourth-order valence-corrected chi connectivity index (χ4v) is 4.73. The fourth-order valence-electron chi connectivity index (χ4n) is 3.47. The van der Waals surface area contributed by atoms with E-state index in [-0.39, 0.29) is 24.0 Å². The molecule has 1 saturated heterocycles. The molecule has 6 nitrogen and oxygen atoms in total. The van der Waals surface area contributed by atoms with Gasteiger partial charge in [0.2, 0.25) is 11.8 Å². The lowest BCUT2D eigenvalue weighted by atomic mass is 10.2. The predicted octanol–water partition coefficient (Wildman–Crippen LogP) is 3.20. The van der Waals surface area contributed by atoms with E-state index >= 15 is 0 Å². The van der Waals surface area contributed by atoms with Crippen molar-refractivity contribution in [3.63, 3.8) is 0 Å². The van der Waals surface area contributed by atoms with E-state index in [4.69, 9.17) is 11.6 Å². The minimum Gasteiger partial charge on any atom is -0.506 e. The molecule has 2 aliphatic rings. The van der Waals surface area contributed by atoms with E-state index in [0.29, 0.717) is 36.9 Å². The van der Waals surface area contributed by atoms with Gasteiger partial charge in [0, 0.05) is 42.5 Å². The molecule has 0 bridgehead atoms. The van der Waals surface area contributed by atoms with Crippen LogP contribution in [0.3, 0.4) is 0 Å². The molecular weight excluding hydrogens is 398 g/mol. The maximum Gasteiger partial charge on any atom is 0.238 e. The van der Waals surface area contributed by atoms with Crippen LogP contribution in [0.5, 0.6) is 5.75 Å². The molecule has 0 aliphatic carbocycles. The monoisotopic (exact) mass is 417 g/mol. The lowest BCUT2D eigenvalue weighted by Crippen LogP contribution is -2.49. The molecule has 1 atom stereocenters. The van der Waals surface area contributed by atoms with Crippen molar-refractivity contribution in [3.8, 4) is 5.75 Å². The number of hydrogen-bond donors (Lipinski definition) is 2. The number of carbonyl (C=O) groups excluding carboxylic acids is 2. The van der Waals surface area contributed by atoms with Gasteiger partial charge in [-0.1, -0.05) is 23.7 Å². The number of rotatable bonds is 3. The number of amides is 2. The quantitative estimate of drug-likeness (QED) is 0.802. The summed E-state index contributed by atoms with van der Waals surface area (Å²) in [4.78, 5) is 29.9. The number of fused-ring (bicyclic) bond motifs is 1. The van der Waals surface area contributed by atoms with Crippen LogP contribution < -0.4 is 10.2 Å². The third-order valence-corrected chi connectivity index (χ3v) is 6.49. The van der Waals surface area contributed by atoms with Crippen molar-refractivity contribution in [2.45, 2.75) is 16.6 Å². The van der Waals surface area contributed by atoms with Crippen molar-refractivity contribution in [2.75, 3.05) is 36.4 Å². The second-order valence-electron chi connectivity index (χ2n) is 6.80. The molecular formula is C20H20ClN3O3S. The van der Waals surface area contributed by atoms with E-state index in [1.807, 2.05) is 18.2 Å². The fraction of sp³-hybridized carbons (Fsp3) is 0.300. The molecule has 0 unspecified atom stereocenters. The normalized spacial score (nSPS) is 19.2. The number of piperazine rings is 1. The highest BCUT2D eigenvalue weighted by Crippen LogP contribution is 2.38. The third kappa shape index (κ3) is 3.91. The van der Waals surface area contributed by atoms with Crippen LogP contribution >= 0.6 is 23.4 Å². The van der Waals surface area contributed by atoms with Gasteiger partial charge in [0.1, 0.15) is 5.75 Å². The van der Waals surface area contributed by atoms with Gasteiger partial charge in [0.05, 0.1) is 16.6 Å². The molecule has 2 amide bonds. The lowest BCUT2D eigenvalue weighted by molar-refractivity contribution is -0.132. The minimum atomic E-state index is -0.447. The molecule has 0 spiro atoms. The molecule has 0 saturated carbocycles. The van der Waals surface area contributed by atoms with Crippen molar-refractivity contribution in [3.05, 3.63) is 47.5 Å². The van der Waals surface area contributed by atoms with Gasteiger partial charge < -0.3 is 20.2 Å². The largest absolute Gasteiger partial charge is 0.506 e. The number of halogens is 1. The van der Waals surface area contributed by atoms with Gasteiger partial charge >= 0.3 is 0 Å². The molecule has 0 aromatic heterocycles. The van der Waals surface area contributed by atoms with E-state index in [1.54, 1.807) is 29.2 Å². The Bertz CT molecular complexity index is 915. The van der Waals surface area contributed by atoms with Gasteiger partial charge in [0.25, 0.3) is 0 Å². The van der Waals surface area contributed by atoms with Crippen LogP contribution in [-0.2, 0) is 9.59 Å². The first kappa shape index (κ1) is 19.0. The Hall–Kier alpha value is -2.38. The number of phenols is 1. The molecule has 0 radical (unpaired) electrons. The average molecular weight is 418 g/mol. The number of anilines is 2. The lowest BCUT2D eigenvalue weighted by Gasteiger charge is -2.37. The van der Waals surface area contributed by atoms with E-state index in [2.05, 4.69) is 10.2 Å². The molecule has 28 heavy (non-hydrogen) atoms. The van der Waals surface area contributed by atoms with Crippen LogP contribution in [0.15, 0.2) is 47.4 Å². The first-order chi connectivity index (χ1) is 13.5. The number of nitrogens with zero attached hydrogens (tertiary/aromatic N) is 2. The second kappa shape index (κ2) is 7.93. The summed E-state index contributed by atoms with van der Waals surface area (Å²) in [6, 6.07) is 12.6. The van der Waals surface area contributed by atoms with Crippen LogP contribution in [0, 0.1) is 0 Å². The summed E-state index contributed by atoms with van der Waals surface area (Å²) in [6.07, 6.45) is 0.162. The van der Waals surface area contributed by atoms with Crippen molar-refractivity contribution in [1.82, 2.24) is 4.90 Å². The molecule has 1 fully saturated rings. The number of hydrogen-bond acceptors (Lipinski definition) is 5. The maximum absolute atomic E-state index is 12.7. The molecule has 2 heterocycles. The molecule has 8 heteroatoms. The zero-order chi connectivity index (χ0) is 19.7. The van der Waals surface area contributed by atoms with Crippen molar-refractivity contribution < 1.29 is 14.7 Å². The van der Waals surface area contributed by atoms with Crippen LogP contribution in [0.2, 0.25) is 5.02 Å². The molecule has 2 aromatic carbocycles. The van der Waals surface area contributed by atoms with Gasteiger partial charge in [0.15, 0.2) is 0 Å². The van der Waals surface area contributed by atoms with Gasteiger partial charge in [-0.2, -0.15) is 0 Å². The first-order valence-electron chi connectivity index (χ1n) is 9.09. The van der Waals surface area contributed by atoms with Crippen molar-refractivity contribution in [2.24, 2.45) is 0 Å². The highest BCUT2D eigenvalue weighted by atomic mass is 35.5. The Morgan fingerprint density at radius 3 is 2.68 bits per heavy atom. The summed E-state index contributed by atoms with van der Waals surface area (Å²) in [5.74, 6) is 0.0549. The summed E-state index contributed by atoms with van der Waals surface area (Å²) in [7, 11) is 0. The Kier molecular flexibility index (Phi) is 5.37. The Morgan fingerprint density at radius 1 is 1.18 bits per heavy atom. The molecule has 2 aliphatic heterocycles. The zero-order valence-corrected chi connectivity index (χ0v) is 16.7. The summed E-state index contributed by atoms with van der Waals surface area (Å²) in [5, 5.41) is 13.0. The SMILES string of the molecule is O=C1Nc2cc(Cl)ccc2S[C@H]1CC(=O)N1CCN(c2ccccc2O)CC1. The number of thioether (sulfide) groups is 1. The van der Waals surface area contributed by atoms with Crippen LogP contribution in [0.1, 0.15) is 6.42 Å².